The number of halogens is 2. The molecule has 0 N–H and O–H groups in total. The van der Waals surface area contributed by atoms with E-state index in [1.165, 1.54) is 0 Å². The molecule has 1 amide bonds. The Bertz CT molecular complexity index is 608. The third kappa shape index (κ3) is 4.77. The van der Waals surface area contributed by atoms with Crippen LogP contribution in [-0.4, -0.2) is 42.6 Å². The monoisotopic (exact) mass is 373 g/mol. The topological polar surface area (TPSA) is 55.8 Å². The zero-order valence-corrected chi connectivity index (χ0v) is 15.3. The van der Waals surface area contributed by atoms with Crippen molar-refractivity contribution in [1.82, 2.24) is 4.90 Å². The number of hydrogen-bond donors (Lipinski definition) is 0. The zero-order valence-electron chi connectivity index (χ0n) is 13.8. The maximum absolute atomic E-state index is 12.6. The van der Waals surface area contributed by atoms with Crippen LogP contribution in [0.1, 0.15) is 26.7 Å². The predicted octanol–water partition coefficient (Wildman–Crippen LogP) is 3.56. The van der Waals surface area contributed by atoms with Crippen molar-refractivity contribution in [3.63, 3.8) is 0 Å². The summed E-state index contributed by atoms with van der Waals surface area (Å²) in [6, 6.07) is 4.84. The highest BCUT2D eigenvalue weighted by Crippen LogP contribution is 2.29. The van der Waals surface area contributed by atoms with Crippen molar-refractivity contribution in [2.24, 2.45) is 5.92 Å². The van der Waals surface area contributed by atoms with Crippen LogP contribution in [0, 0.1) is 5.92 Å². The number of esters is 1. The SMILES string of the molecule is CCOC(=O)[C@@H]1CCCN(C(=O)[C@H](C)Oc2ccc(Cl)cc2Cl)C1. The van der Waals surface area contributed by atoms with Crippen LogP contribution in [0.3, 0.4) is 0 Å². The molecule has 5 nitrogen and oxygen atoms in total. The Balaban J connectivity index is 1.98. The van der Waals surface area contributed by atoms with Crippen molar-refractivity contribution in [2.45, 2.75) is 32.8 Å². The van der Waals surface area contributed by atoms with Gasteiger partial charge in [0, 0.05) is 18.1 Å². The summed E-state index contributed by atoms with van der Waals surface area (Å²) in [5, 5.41) is 0.852. The summed E-state index contributed by atoms with van der Waals surface area (Å²) in [6.07, 6.45) is 0.800. The van der Waals surface area contributed by atoms with Crippen LogP contribution in [0.25, 0.3) is 0 Å². The summed E-state index contributed by atoms with van der Waals surface area (Å²) in [5.74, 6) is -0.283. The second-order valence-electron chi connectivity index (χ2n) is 5.71. The van der Waals surface area contributed by atoms with Crippen LogP contribution in [0.5, 0.6) is 5.75 Å². The van der Waals surface area contributed by atoms with E-state index in [-0.39, 0.29) is 17.8 Å². The van der Waals surface area contributed by atoms with Crippen molar-refractivity contribution in [2.75, 3.05) is 19.7 Å². The lowest BCUT2D eigenvalue weighted by atomic mass is 9.98. The van der Waals surface area contributed by atoms with E-state index in [1.807, 2.05) is 0 Å². The summed E-state index contributed by atoms with van der Waals surface area (Å²) in [7, 11) is 0. The molecule has 24 heavy (non-hydrogen) atoms. The molecule has 2 atom stereocenters. The van der Waals surface area contributed by atoms with Gasteiger partial charge >= 0.3 is 5.97 Å². The number of carbonyl (C=O) groups is 2. The molecular weight excluding hydrogens is 353 g/mol. The zero-order chi connectivity index (χ0) is 17.7. The molecule has 0 aliphatic carbocycles. The van der Waals surface area contributed by atoms with Gasteiger partial charge < -0.3 is 14.4 Å². The molecule has 2 rings (SSSR count). The van der Waals surface area contributed by atoms with Crippen LogP contribution in [0.15, 0.2) is 18.2 Å². The Labute approximate surface area is 151 Å². The maximum atomic E-state index is 12.6. The maximum Gasteiger partial charge on any atom is 0.310 e. The summed E-state index contributed by atoms with van der Waals surface area (Å²) >= 11 is 11.9. The number of amides is 1. The number of benzene rings is 1. The Morgan fingerprint density at radius 3 is 2.79 bits per heavy atom. The van der Waals surface area contributed by atoms with Crippen molar-refractivity contribution < 1.29 is 19.1 Å². The minimum Gasteiger partial charge on any atom is -0.479 e. The van der Waals surface area contributed by atoms with Crippen LogP contribution < -0.4 is 4.74 Å². The van der Waals surface area contributed by atoms with Gasteiger partial charge in [-0.2, -0.15) is 0 Å². The molecule has 7 heteroatoms. The van der Waals surface area contributed by atoms with Gasteiger partial charge in [0.15, 0.2) is 6.10 Å². The Morgan fingerprint density at radius 2 is 2.12 bits per heavy atom. The minimum atomic E-state index is -0.704. The molecule has 0 saturated carbocycles. The van der Waals surface area contributed by atoms with E-state index in [1.54, 1.807) is 36.9 Å². The van der Waals surface area contributed by atoms with Gasteiger partial charge in [0.2, 0.25) is 0 Å². The number of likely N-dealkylation sites (tertiary alicyclic amines) is 1. The number of hydrogen-bond acceptors (Lipinski definition) is 4. The van der Waals surface area contributed by atoms with Gasteiger partial charge in [-0.15, -0.1) is 0 Å². The first-order valence-corrected chi connectivity index (χ1v) is 8.75. The molecule has 0 unspecified atom stereocenters. The van der Waals surface area contributed by atoms with Crippen LogP contribution in [-0.2, 0) is 14.3 Å². The van der Waals surface area contributed by atoms with E-state index < -0.39 is 6.10 Å². The molecule has 1 aliphatic rings. The van der Waals surface area contributed by atoms with E-state index in [9.17, 15) is 9.59 Å². The molecule has 0 spiro atoms. The number of rotatable bonds is 5. The molecule has 1 heterocycles. The van der Waals surface area contributed by atoms with Gasteiger partial charge in [0.1, 0.15) is 5.75 Å². The van der Waals surface area contributed by atoms with Crippen molar-refractivity contribution in [3.05, 3.63) is 28.2 Å². The molecular formula is C17H21Cl2NO4. The van der Waals surface area contributed by atoms with E-state index in [4.69, 9.17) is 32.7 Å². The third-order valence-corrected chi connectivity index (χ3v) is 4.43. The Hall–Kier alpha value is -1.46. The normalized spacial score (nSPS) is 18.8. The van der Waals surface area contributed by atoms with Gasteiger partial charge in [-0.1, -0.05) is 23.2 Å². The van der Waals surface area contributed by atoms with Gasteiger partial charge in [-0.05, 0) is 44.9 Å². The fourth-order valence-electron chi connectivity index (χ4n) is 2.70. The smallest absolute Gasteiger partial charge is 0.310 e. The average molecular weight is 374 g/mol. The van der Waals surface area contributed by atoms with Crippen molar-refractivity contribution >= 4 is 35.1 Å². The Kier molecular flexibility index (Phi) is 6.75. The summed E-state index contributed by atoms with van der Waals surface area (Å²) in [5.41, 5.74) is 0. The number of nitrogens with zero attached hydrogens (tertiary/aromatic N) is 1. The average Bonchev–Trinajstić information content (AvgIpc) is 2.57. The number of carbonyl (C=O) groups excluding carboxylic acids is 2. The molecule has 1 aliphatic heterocycles. The van der Waals surface area contributed by atoms with Crippen molar-refractivity contribution in [3.8, 4) is 5.75 Å². The lowest BCUT2D eigenvalue weighted by molar-refractivity contribution is -0.152. The fourth-order valence-corrected chi connectivity index (χ4v) is 3.15. The molecule has 1 saturated heterocycles. The van der Waals surface area contributed by atoms with Crippen LogP contribution >= 0.6 is 23.2 Å². The molecule has 0 bridgehead atoms. The summed E-state index contributed by atoms with van der Waals surface area (Å²) in [4.78, 5) is 26.1. The molecule has 0 aromatic heterocycles. The van der Waals surface area contributed by atoms with E-state index in [0.29, 0.717) is 35.5 Å². The first-order chi connectivity index (χ1) is 11.4. The standard InChI is InChI=1S/C17H21Cl2NO4/c1-3-23-17(22)12-5-4-8-20(10-12)16(21)11(2)24-15-7-6-13(18)9-14(15)19/h6-7,9,11-12H,3-5,8,10H2,1-2H3/t11-,12+/m0/s1. The highest BCUT2D eigenvalue weighted by Gasteiger charge is 2.32. The first kappa shape index (κ1) is 18.9. The predicted molar refractivity (Wildman–Crippen MR) is 92.5 cm³/mol. The van der Waals surface area contributed by atoms with Crippen LogP contribution in [0.2, 0.25) is 10.0 Å². The van der Waals surface area contributed by atoms with E-state index in [0.717, 1.165) is 12.8 Å². The van der Waals surface area contributed by atoms with Crippen LogP contribution in [0.4, 0.5) is 0 Å². The molecule has 132 valence electrons. The largest absolute Gasteiger partial charge is 0.479 e. The molecule has 1 aromatic rings. The van der Waals surface area contributed by atoms with Gasteiger partial charge in [0.25, 0.3) is 5.91 Å². The lowest BCUT2D eigenvalue weighted by Crippen LogP contribution is -2.47. The lowest BCUT2D eigenvalue weighted by Gasteiger charge is -2.33. The molecule has 0 radical (unpaired) electrons. The Morgan fingerprint density at radius 1 is 1.38 bits per heavy atom. The molecule has 1 fully saturated rings. The van der Waals surface area contributed by atoms with Crippen molar-refractivity contribution in [1.29, 1.82) is 0 Å². The summed E-state index contributed by atoms with van der Waals surface area (Å²) in [6.45, 7) is 4.75. The highest BCUT2D eigenvalue weighted by atomic mass is 35.5. The second-order valence-corrected chi connectivity index (χ2v) is 6.55. The quantitative estimate of drug-likeness (QED) is 0.740. The first-order valence-electron chi connectivity index (χ1n) is 7.99. The fraction of sp³-hybridized carbons (Fsp3) is 0.529. The molecule has 1 aromatic carbocycles. The van der Waals surface area contributed by atoms with Gasteiger partial charge in [-0.25, -0.2) is 0 Å². The minimum absolute atomic E-state index is 0.171. The highest BCUT2D eigenvalue weighted by molar-refractivity contribution is 6.35. The van der Waals surface area contributed by atoms with E-state index in [2.05, 4.69) is 0 Å². The second kappa shape index (κ2) is 8.58. The number of piperidine rings is 1. The van der Waals surface area contributed by atoms with Gasteiger partial charge in [-0.3, -0.25) is 9.59 Å². The third-order valence-electron chi connectivity index (χ3n) is 3.90. The van der Waals surface area contributed by atoms with E-state index >= 15 is 0 Å². The summed E-state index contributed by atoms with van der Waals surface area (Å²) < 4.78 is 10.7. The number of ether oxygens (including phenoxy) is 2. The van der Waals surface area contributed by atoms with Gasteiger partial charge in [0.05, 0.1) is 17.5 Å².